The van der Waals surface area contributed by atoms with Gasteiger partial charge in [0, 0.05) is 18.1 Å². The smallest absolute Gasteiger partial charge is 0.309 e. The van der Waals surface area contributed by atoms with E-state index in [0.29, 0.717) is 11.3 Å². The van der Waals surface area contributed by atoms with Gasteiger partial charge in [-0.25, -0.2) is 9.97 Å². The number of esters is 1. The Morgan fingerprint density at radius 2 is 1.80 bits per heavy atom. The Bertz CT molecular complexity index is 597. The molecular formula is C14H13N3O3. The molecule has 0 spiro atoms. The lowest BCUT2D eigenvalue weighted by molar-refractivity contribution is -0.139. The highest BCUT2D eigenvalue weighted by molar-refractivity contribution is 6.03. The standard InChI is InChI=1S/C14H13N3O3/c1-20-13(18)6-10-2-4-12(5-3-10)17-14(19)11-7-15-9-16-8-11/h2-5,7-9H,6H2,1H3,(H,17,19). The molecule has 0 fully saturated rings. The molecule has 0 bridgehead atoms. The van der Waals surface area contributed by atoms with E-state index in [9.17, 15) is 9.59 Å². The zero-order valence-electron chi connectivity index (χ0n) is 10.9. The lowest BCUT2D eigenvalue weighted by Crippen LogP contribution is -2.12. The van der Waals surface area contributed by atoms with Crippen molar-refractivity contribution in [1.29, 1.82) is 0 Å². The van der Waals surface area contributed by atoms with Crippen molar-refractivity contribution in [3.05, 3.63) is 54.1 Å². The first-order valence-electron chi connectivity index (χ1n) is 5.91. The molecule has 0 aliphatic rings. The molecule has 102 valence electrons. The molecule has 1 heterocycles. The molecule has 1 aromatic carbocycles. The van der Waals surface area contributed by atoms with Gasteiger partial charge in [0.05, 0.1) is 19.1 Å². The Balaban J connectivity index is 2.00. The van der Waals surface area contributed by atoms with E-state index in [1.54, 1.807) is 24.3 Å². The third kappa shape index (κ3) is 3.61. The highest BCUT2D eigenvalue weighted by Gasteiger charge is 2.07. The van der Waals surface area contributed by atoms with Gasteiger partial charge >= 0.3 is 5.97 Å². The van der Waals surface area contributed by atoms with Crippen molar-refractivity contribution < 1.29 is 14.3 Å². The summed E-state index contributed by atoms with van der Waals surface area (Å²) >= 11 is 0. The number of rotatable bonds is 4. The predicted octanol–water partition coefficient (Wildman–Crippen LogP) is 1.44. The van der Waals surface area contributed by atoms with Crippen LogP contribution in [0.25, 0.3) is 0 Å². The second kappa shape index (κ2) is 6.42. The minimum Gasteiger partial charge on any atom is -0.469 e. The SMILES string of the molecule is COC(=O)Cc1ccc(NC(=O)c2cncnc2)cc1. The number of carbonyl (C=O) groups excluding carboxylic acids is 2. The van der Waals surface area contributed by atoms with Crippen molar-refractivity contribution in [2.75, 3.05) is 12.4 Å². The summed E-state index contributed by atoms with van der Waals surface area (Å²) in [6.45, 7) is 0. The van der Waals surface area contributed by atoms with Crippen molar-refractivity contribution in [1.82, 2.24) is 9.97 Å². The average molecular weight is 271 g/mol. The first kappa shape index (κ1) is 13.7. The highest BCUT2D eigenvalue weighted by Crippen LogP contribution is 2.11. The molecule has 2 aromatic rings. The molecular weight excluding hydrogens is 258 g/mol. The number of amides is 1. The fourth-order valence-electron chi connectivity index (χ4n) is 1.56. The molecule has 0 unspecified atom stereocenters. The summed E-state index contributed by atoms with van der Waals surface area (Å²) in [6, 6.07) is 6.96. The molecule has 0 saturated carbocycles. The van der Waals surface area contributed by atoms with Gasteiger partial charge < -0.3 is 10.1 Å². The summed E-state index contributed by atoms with van der Waals surface area (Å²) < 4.78 is 4.58. The Morgan fingerprint density at radius 1 is 1.15 bits per heavy atom. The van der Waals surface area contributed by atoms with Gasteiger partial charge in [-0.15, -0.1) is 0 Å². The molecule has 0 radical (unpaired) electrons. The lowest BCUT2D eigenvalue weighted by Gasteiger charge is -2.06. The molecule has 6 nitrogen and oxygen atoms in total. The van der Waals surface area contributed by atoms with Gasteiger partial charge in [0.1, 0.15) is 6.33 Å². The van der Waals surface area contributed by atoms with Crippen molar-refractivity contribution in [2.45, 2.75) is 6.42 Å². The summed E-state index contributed by atoms with van der Waals surface area (Å²) in [5.41, 5.74) is 1.83. The fourth-order valence-corrected chi connectivity index (χ4v) is 1.56. The van der Waals surface area contributed by atoms with Gasteiger partial charge in [-0.2, -0.15) is 0 Å². The van der Waals surface area contributed by atoms with E-state index in [4.69, 9.17) is 0 Å². The van der Waals surface area contributed by atoms with E-state index >= 15 is 0 Å². The zero-order chi connectivity index (χ0) is 14.4. The Hall–Kier alpha value is -2.76. The van der Waals surface area contributed by atoms with Gasteiger partial charge in [0.15, 0.2) is 0 Å². The van der Waals surface area contributed by atoms with Crippen LogP contribution < -0.4 is 5.32 Å². The number of nitrogens with one attached hydrogen (secondary N) is 1. The molecule has 0 atom stereocenters. The molecule has 0 saturated heterocycles. The first-order chi connectivity index (χ1) is 9.69. The van der Waals surface area contributed by atoms with Crippen LogP contribution in [0.4, 0.5) is 5.69 Å². The van der Waals surface area contributed by atoms with Crippen LogP contribution in [0.2, 0.25) is 0 Å². The topological polar surface area (TPSA) is 81.2 Å². The molecule has 0 aliphatic heterocycles. The van der Waals surface area contributed by atoms with E-state index in [0.717, 1.165) is 5.56 Å². The molecule has 1 amide bonds. The number of nitrogens with zero attached hydrogens (tertiary/aromatic N) is 2. The van der Waals surface area contributed by atoms with E-state index in [2.05, 4.69) is 20.0 Å². The predicted molar refractivity (Wildman–Crippen MR) is 72.1 cm³/mol. The molecule has 1 aromatic heterocycles. The maximum Gasteiger partial charge on any atom is 0.309 e. The van der Waals surface area contributed by atoms with Gasteiger partial charge in [0.2, 0.25) is 0 Å². The third-order valence-corrected chi connectivity index (χ3v) is 2.61. The van der Waals surface area contributed by atoms with Crippen LogP contribution in [-0.4, -0.2) is 29.0 Å². The second-order valence-electron chi connectivity index (χ2n) is 4.03. The molecule has 20 heavy (non-hydrogen) atoms. The fraction of sp³-hybridized carbons (Fsp3) is 0.143. The number of benzene rings is 1. The number of aromatic nitrogens is 2. The minimum atomic E-state index is -0.303. The second-order valence-corrected chi connectivity index (χ2v) is 4.03. The lowest BCUT2D eigenvalue weighted by atomic mass is 10.1. The monoisotopic (exact) mass is 271 g/mol. The number of carbonyl (C=O) groups is 2. The summed E-state index contributed by atoms with van der Waals surface area (Å²) in [4.78, 5) is 30.5. The summed E-state index contributed by atoms with van der Waals surface area (Å²) in [5.74, 6) is -0.588. The number of hydrogen-bond donors (Lipinski definition) is 1. The minimum absolute atomic E-state index is 0.206. The average Bonchev–Trinajstić information content (AvgIpc) is 2.50. The van der Waals surface area contributed by atoms with Crippen LogP contribution in [0.1, 0.15) is 15.9 Å². The van der Waals surface area contributed by atoms with Crippen LogP contribution in [0.3, 0.4) is 0 Å². The number of ether oxygens (including phenoxy) is 1. The molecule has 6 heteroatoms. The maximum absolute atomic E-state index is 11.9. The summed E-state index contributed by atoms with van der Waals surface area (Å²) in [7, 11) is 1.35. The highest BCUT2D eigenvalue weighted by atomic mass is 16.5. The van der Waals surface area contributed by atoms with Crippen LogP contribution in [0.5, 0.6) is 0 Å². The van der Waals surface area contributed by atoms with Gasteiger partial charge in [-0.3, -0.25) is 9.59 Å². The number of anilines is 1. The van der Waals surface area contributed by atoms with E-state index < -0.39 is 0 Å². The largest absolute Gasteiger partial charge is 0.469 e. The molecule has 2 rings (SSSR count). The normalized spacial score (nSPS) is 9.85. The molecule has 0 aliphatic carbocycles. The number of methoxy groups -OCH3 is 1. The van der Waals surface area contributed by atoms with Gasteiger partial charge in [-0.05, 0) is 17.7 Å². The van der Waals surface area contributed by atoms with Crippen LogP contribution in [0.15, 0.2) is 43.0 Å². The van der Waals surface area contributed by atoms with Gasteiger partial charge in [0.25, 0.3) is 5.91 Å². The summed E-state index contributed by atoms with van der Waals surface area (Å²) in [5, 5.41) is 2.72. The third-order valence-electron chi connectivity index (χ3n) is 2.61. The Morgan fingerprint density at radius 3 is 2.40 bits per heavy atom. The number of hydrogen-bond acceptors (Lipinski definition) is 5. The van der Waals surface area contributed by atoms with Crippen LogP contribution in [-0.2, 0) is 16.0 Å². The summed E-state index contributed by atoms with van der Waals surface area (Å²) in [6.07, 6.45) is 4.44. The Kier molecular flexibility index (Phi) is 4.39. The van der Waals surface area contributed by atoms with E-state index in [-0.39, 0.29) is 18.3 Å². The van der Waals surface area contributed by atoms with Crippen LogP contribution >= 0.6 is 0 Å². The van der Waals surface area contributed by atoms with Crippen molar-refractivity contribution in [3.8, 4) is 0 Å². The van der Waals surface area contributed by atoms with E-state index in [1.807, 2.05) is 0 Å². The maximum atomic E-state index is 11.9. The van der Waals surface area contributed by atoms with Crippen molar-refractivity contribution in [2.24, 2.45) is 0 Å². The van der Waals surface area contributed by atoms with Crippen LogP contribution in [0, 0.1) is 0 Å². The van der Waals surface area contributed by atoms with Crippen molar-refractivity contribution >= 4 is 17.6 Å². The molecule has 1 N–H and O–H groups in total. The van der Waals surface area contributed by atoms with Gasteiger partial charge in [-0.1, -0.05) is 12.1 Å². The zero-order valence-corrected chi connectivity index (χ0v) is 10.9. The quantitative estimate of drug-likeness (QED) is 0.851. The Labute approximate surface area is 115 Å². The first-order valence-corrected chi connectivity index (χ1v) is 5.91. The van der Waals surface area contributed by atoms with E-state index in [1.165, 1.54) is 25.8 Å². The van der Waals surface area contributed by atoms with Crippen molar-refractivity contribution in [3.63, 3.8) is 0 Å².